The molecule has 2 aromatic rings. The summed E-state index contributed by atoms with van der Waals surface area (Å²) in [5.74, 6) is -1.40. The Hall–Kier alpha value is -2.33. The van der Waals surface area contributed by atoms with Crippen molar-refractivity contribution >= 4 is 23.8 Å². The molecule has 5 heteroatoms. The normalized spacial score (nSPS) is 9.85. The summed E-state index contributed by atoms with van der Waals surface area (Å²) in [5, 5.41) is 0. The lowest BCUT2D eigenvalue weighted by molar-refractivity contribution is 0.0465. The number of esters is 1. The van der Waals surface area contributed by atoms with Gasteiger partial charge in [-0.15, -0.1) is 0 Å². The van der Waals surface area contributed by atoms with E-state index in [9.17, 15) is 9.59 Å². The molecule has 0 atom stereocenters. The van der Waals surface area contributed by atoms with E-state index in [1.165, 1.54) is 12.1 Å². The van der Waals surface area contributed by atoms with Crippen molar-refractivity contribution in [1.82, 2.24) is 0 Å². The molecule has 2 aromatic carbocycles. The van der Waals surface area contributed by atoms with Crippen molar-refractivity contribution in [2.24, 2.45) is 0 Å². The number of rotatable bonds is 4. The fraction of sp³-hybridized carbons (Fsp3) is 0.0667. The molecule has 0 spiro atoms. The lowest BCUT2D eigenvalue weighted by Gasteiger charge is -2.07. The van der Waals surface area contributed by atoms with Gasteiger partial charge < -0.3 is 9.03 Å². The van der Waals surface area contributed by atoms with E-state index in [2.05, 4.69) is 4.29 Å². The largest absolute Gasteiger partial charge is 0.457 e. The summed E-state index contributed by atoms with van der Waals surface area (Å²) >= 11 is 5.03. The molecule has 0 radical (unpaired) electrons. The Balaban J connectivity index is 2.12. The van der Waals surface area contributed by atoms with Gasteiger partial charge in [0.25, 0.3) is 0 Å². The molecule has 0 aromatic heterocycles. The van der Waals surface area contributed by atoms with Crippen LogP contribution in [0.15, 0.2) is 54.6 Å². The topological polar surface area (TPSA) is 52.6 Å². The zero-order valence-electron chi connectivity index (χ0n) is 10.4. The Bertz CT molecular complexity index is 610. The minimum Gasteiger partial charge on any atom is -0.457 e. The van der Waals surface area contributed by atoms with Crippen molar-refractivity contribution in [3.8, 4) is 0 Å². The molecule has 0 aliphatic rings. The van der Waals surface area contributed by atoms with Gasteiger partial charge >= 0.3 is 11.9 Å². The van der Waals surface area contributed by atoms with Crippen LogP contribution in [0.5, 0.6) is 0 Å². The maximum Gasteiger partial charge on any atom is 0.357 e. The van der Waals surface area contributed by atoms with Crippen molar-refractivity contribution < 1.29 is 18.6 Å². The Labute approximate surface area is 121 Å². The van der Waals surface area contributed by atoms with Gasteiger partial charge in [0, 0.05) is 0 Å². The summed E-state index contributed by atoms with van der Waals surface area (Å²) in [5.41, 5.74) is 1.05. The number of hydrogen-bond donors (Lipinski definition) is 0. The molecule has 0 heterocycles. The summed E-state index contributed by atoms with van der Waals surface area (Å²) < 4.78 is 9.28. The minimum atomic E-state index is -0.793. The molecule has 0 aliphatic heterocycles. The highest BCUT2D eigenvalue weighted by Crippen LogP contribution is 2.13. The van der Waals surface area contributed by atoms with E-state index < -0.39 is 11.9 Å². The van der Waals surface area contributed by atoms with Crippen LogP contribution in [0.4, 0.5) is 0 Å². The Kier molecular flexibility index (Phi) is 4.74. The highest BCUT2D eigenvalue weighted by atomic mass is 35.5. The van der Waals surface area contributed by atoms with Crippen molar-refractivity contribution in [3.63, 3.8) is 0 Å². The Morgan fingerprint density at radius 2 is 1.40 bits per heavy atom. The number of carbonyl (C=O) groups is 2. The van der Waals surface area contributed by atoms with Crippen LogP contribution in [0.25, 0.3) is 0 Å². The van der Waals surface area contributed by atoms with E-state index in [1.807, 2.05) is 30.3 Å². The van der Waals surface area contributed by atoms with E-state index in [1.54, 1.807) is 12.1 Å². The van der Waals surface area contributed by atoms with Crippen LogP contribution in [-0.4, -0.2) is 11.9 Å². The van der Waals surface area contributed by atoms with Crippen molar-refractivity contribution in [2.45, 2.75) is 6.61 Å². The first kappa shape index (κ1) is 14.1. The van der Waals surface area contributed by atoms with Crippen molar-refractivity contribution in [3.05, 3.63) is 71.3 Å². The van der Waals surface area contributed by atoms with Gasteiger partial charge in [-0.1, -0.05) is 42.5 Å². The summed E-state index contributed by atoms with van der Waals surface area (Å²) in [7, 11) is 0. The van der Waals surface area contributed by atoms with Gasteiger partial charge in [-0.05, 0) is 17.7 Å². The second-order valence-electron chi connectivity index (χ2n) is 3.97. The number of hydrogen-bond acceptors (Lipinski definition) is 4. The molecular formula is C15H11ClO4. The van der Waals surface area contributed by atoms with E-state index in [0.717, 1.165) is 5.56 Å². The smallest absolute Gasteiger partial charge is 0.357 e. The van der Waals surface area contributed by atoms with E-state index in [-0.39, 0.29) is 17.7 Å². The second kappa shape index (κ2) is 6.73. The van der Waals surface area contributed by atoms with Crippen LogP contribution in [-0.2, 0) is 15.6 Å². The summed E-state index contributed by atoms with van der Waals surface area (Å²) in [4.78, 5) is 23.4. The second-order valence-corrected chi connectivity index (χ2v) is 4.13. The highest BCUT2D eigenvalue weighted by molar-refractivity contribution is 6.17. The number of benzene rings is 2. The minimum absolute atomic E-state index is 0.0700. The van der Waals surface area contributed by atoms with E-state index in [0.29, 0.717) is 0 Å². The fourth-order valence-electron chi connectivity index (χ4n) is 1.68. The molecular weight excluding hydrogens is 280 g/mol. The number of carbonyl (C=O) groups excluding carboxylic acids is 2. The average Bonchev–Trinajstić information content (AvgIpc) is 2.52. The fourth-order valence-corrected chi connectivity index (χ4v) is 1.76. The first-order valence-corrected chi connectivity index (χ1v) is 6.16. The molecule has 0 amide bonds. The van der Waals surface area contributed by atoms with E-state index >= 15 is 0 Å². The Morgan fingerprint density at radius 3 is 2.00 bits per heavy atom. The van der Waals surface area contributed by atoms with Crippen LogP contribution in [0.3, 0.4) is 0 Å². The summed E-state index contributed by atoms with van der Waals surface area (Å²) in [6.45, 7) is 0.129. The highest BCUT2D eigenvalue weighted by Gasteiger charge is 2.18. The average molecular weight is 291 g/mol. The first-order valence-electron chi connectivity index (χ1n) is 5.85. The van der Waals surface area contributed by atoms with Crippen molar-refractivity contribution in [1.29, 1.82) is 0 Å². The monoisotopic (exact) mass is 290 g/mol. The third kappa shape index (κ3) is 3.36. The van der Waals surface area contributed by atoms with Gasteiger partial charge in [0.1, 0.15) is 18.5 Å². The molecule has 4 nitrogen and oxygen atoms in total. The maximum absolute atomic E-state index is 12.0. The zero-order chi connectivity index (χ0) is 14.4. The number of halogens is 1. The molecule has 0 saturated carbocycles. The molecule has 0 bridgehead atoms. The van der Waals surface area contributed by atoms with Crippen molar-refractivity contribution in [2.75, 3.05) is 0 Å². The third-order valence-corrected chi connectivity index (χ3v) is 2.79. The zero-order valence-corrected chi connectivity index (χ0v) is 11.2. The number of ether oxygens (including phenoxy) is 1. The van der Waals surface area contributed by atoms with Crippen LogP contribution in [0.1, 0.15) is 26.3 Å². The lowest BCUT2D eigenvalue weighted by Crippen LogP contribution is -2.12. The van der Waals surface area contributed by atoms with Gasteiger partial charge in [0.2, 0.25) is 0 Å². The van der Waals surface area contributed by atoms with Crippen LogP contribution < -0.4 is 0 Å². The summed E-state index contributed by atoms with van der Waals surface area (Å²) in [6, 6.07) is 15.4. The molecule has 0 saturated heterocycles. The van der Waals surface area contributed by atoms with Crippen LogP contribution >= 0.6 is 11.9 Å². The van der Waals surface area contributed by atoms with Gasteiger partial charge in [-0.2, -0.15) is 0 Å². The van der Waals surface area contributed by atoms with Gasteiger partial charge in [-0.3, -0.25) is 0 Å². The van der Waals surface area contributed by atoms with Gasteiger partial charge in [-0.25, -0.2) is 9.59 Å². The van der Waals surface area contributed by atoms with Gasteiger partial charge in [0.15, 0.2) is 0 Å². The molecule has 0 unspecified atom stereocenters. The lowest BCUT2D eigenvalue weighted by atomic mass is 10.1. The molecule has 0 N–H and O–H groups in total. The SMILES string of the molecule is O=C(OCl)c1ccccc1C(=O)OCc1ccccc1. The third-order valence-electron chi connectivity index (χ3n) is 2.65. The van der Waals surface area contributed by atoms with Crippen LogP contribution in [0.2, 0.25) is 0 Å². The predicted octanol–water partition coefficient (Wildman–Crippen LogP) is 3.35. The first-order chi connectivity index (χ1) is 9.72. The molecule has 102 valence electrons. The molecule has 2 rings (SSSR count). The van der Waals surface area contributed by atoms with Gasteiger partial charge in [0.05, 0.1) is 11.1 Å². The predicted molar refractivity (Wildman–Crippen MR) is 73.3 cm³/mol. The standard InChI is InChI=1S/C15H11ClO4/c16-20-15(18)13-9-5-4-8-12(13)14(17)19-10-11-6-2-1-3-7-11/h1-9H,10H2. The summed E-state index contributed by atoms with van der Waals surface area (Å²) in [6.07, 6.45) is 0. The molecule has 0 aliphatic carbocycles. The maximum atomic E-state index is 12.0. The Morgan fingerprint density at radius 1 is 0.850 bits per heavy atom. The molecule has 0 fully saturated rings. The van der Waals surface area contributed by atoms with Crippen LogP contribution in [0, 0.1) is 0 Å². The van der Waals surface area contributed by atoms with E-state index in [4.69, 9.17) is 16.6 Å². The molecule has 20 heavy (non-hydrogen) atoms. The quantitative estimate of drug-likeness (QED) is 0.810.